The van der Waals surface area contributed by atoms with Crippen molar-refractivity contribution in [3.8, 4) is 0 Å². The largest absolute Gasteiger partial charge is 0.396 e. The van der Waals surface area contributed by atoms with Crippen LogP contribution in [0.1, 0.15) is 12.5 Å². The number of hydrogen-bond donors (Lipinski definition) is 2. The van der Waals surface area contributed by atoms with Gasteiger partial charge in [-0.05, 0) is 24.6 Å². The molecule has 1 aromatic rings. The van der Waals surface area contributed by atoms with Crippen LogP contribution in [0.25, 0.3) is 0 Å². The summed E-state index contributed by atoms with van der Waals surface area (Å²) in [5.41, 5.74) is 5.26. The van der Waals surface area contributed by atoms with Gasteiger partial charge in [0.25, 0.3) is 0 Å². The van der Waals surface area contributed by atoms with E-state index in [-0.39, 0.29) is 34.2 Å². The standard InChI is InChI=1S/C11H17FN2O4S2/c1-3-19(15,16)5-4-14-20(17,18)11-7-10(13)9(12)6-8(11)2/h6-7,14H,3-5,13H2,1-2H3. The van der Waals surface area contributed by atoms with E-state index in [1.807, 2.05) is 0 Å². The first-order valence-electron chi connectivity index (χ1n) is 5.85. The molecule has 1 aromatic carbocycles. The smallest absolute Gasteiger partial charge is 0.240 e. The van der Waals surface area contributed by atoms with Gasteiger partial charge in [-0.2, -0.15) is 0 Å². The summed E-state index contributed by atoms with van der Waals surface area (Å²) in [6, 6.07) is 2.04. The lowest BCUT2D eigenvalue weighted by molar-refractivity contribution is 0.580. The van der Waals surface area contributed by atoms with Gasteiger partial charge >= 0.3 is 0 Å². The van der Waals surface area contributed by atoms with Crippen LogP contribution >= 0.6 is 0 Å². The maximum Gasteiger partial charge on any atom is 0.240 e. The number of nitrogens with two attached hydrogens (primary N) is 1. The van der Waals surface area contributed by atoms with Crippen molar-refractivity contribution in [3.63, 3.8) is 0 Å². The summed E-state index contributed by atoms with van der Waals surface area (Å²) < 4.78 is 61.9. The molecule has 0 aliphatic rings. The maximum absolute atomic E-state index is 13.2. The van der Waals surface area contributed by atoms with E-state index in [9.17, 15) is 21.2 Å². The van der Waals surface area contributed by atoms with Crippen molar-refractivity contribution in [2.45, 2.75) is 18.7 Å². The predicted molar refractivity (Wildman–Crippen MR) is 75.1 cm³/mol. The summed E-state index contributed by atoms with van der Waals surface area (Å²) in [6.07, 6.45) is 0. The molecule has 0 radical (unpaired) electrons. The van der Waals surface area contributed by atoms with Gasteiger partial charge in [0.15, 0.2) is 9.84 Å². The van der Waals surface area contributed by atoms with E-state index >= 15 is 0 Å². The van der Waals surface area contributed by atoms with Crippen molar-refractivity contribution in [2.24, 2.45) is 0 Å². The highest BCUT2D eigenvalue weighted by atomic mass is 32.2. The minimum atomic E-state index is -3.92. The fourth-order valence-corrected chi connectivity index (χ4v) is 3.63. The number of benzene rings is 1. The summed E-state index contributed by atoms with van der Waals surface area (Å²) >= 11 is 0. The third kappa shape index (κ3) is 4.15. The summed E-state index contributed by atoms with van der Waals surface area (Å²) in [4.78, 5) is -0.162. The molecule has 114 valence electrons. The fraction of sp³-hybridized carbons (Fsp3) is 0.455. The highest BCUT2D eigenvalue weighted by Crippen LogP contribution is 2.21. The van der Waals surface area contributed by atoms with Crippen LogP contribution < -0.4 is 10.5 Å². The van der Waals surface area contributed by atoms with E-state index in [2.05, 4.69) is 4.72 Å². The minimum Gasteiger partial charge on any atom is -0.396 e. The van der Waals surface area contributed by atoms with Crippen LogP contribution in [0.4, 0.5) is 10.1 Å². The SMILES string of the molecule is CCS(=O)(=O)CCNS(=O)(=O)c1cc(N)c(F)cc1C. The average molecular weight is 324 g/mol. The molecule has 1 rings (SSSR count). The molecular weight excluding hydrogens is 307 g/mol. The lowest BCUT2D eigenvalue weighted by atomic mass is 10.2. The summed E-state index contributed by atoms with van der Waals surface area (Å²) in [7, 11) is -7.18. The van der Waals surface area contributed by atoms with Gasteiger partial charge in [0.05, 0.1) is 16.3 Å². The number of nitrogen functional groups attached to an aromatic ring is 1. The Bertz CT molecular complexity index is 699. The molecule has 0 amide bonds. The van der Waals surface area contributed by atoms with Gasteiger partial charge < -0.3 is 5.73 Å². The normalized spacial score (nSPS) is 12.6. The third-order valence-electron chi connectivity index (χ3n) is 2.73. The molecular formula is C11H17FN2O4S2. The topological polar surface area (TPSA) is 106 Å². The van der Waals surface area contributed by atoms with Crippen molar-refractivity contribution < 1.29 is 21.2 Å². The molecule has 6 nitrogen and oxygen atoms in total. The molecule has 0 saturated heterocycles. The molecule has 0 heterocycles. The van der Waals surface area contributed by atoms with Crippen molar-refractivity contribution in [2.75, 3.05) is 23.8 Å². The van der Waals surface area contributed by atoms with E-state index in [1.165, 1.54) is 13.8 Å². The third-order valence-corrected chi connectivity index (χ3v) is 6.04. The van der Waals surface area contributed by atoms with E-state index < -0.39 is 25.7 Å². The van der Waals surface area contributed by atoms with Gasteiger partial charge in [-0.1, -0.05) is 6.92 Å². The number of sulfonamides is 1. The zero-order chi connectivity index (χ0) is 15.6. The van der Waals surface area contributed by atoms with Crippen molar-refractivity contribution in [3.05, 3.63) is 23.5 Å². The first-order valence-corrected chi connectivity index (χ1v) is 9.15. The Morgan fingerprint density at radius 3 is 2.40 bits per heavy atom. The van der Waals surface area contributed by atoms with E-state index in [1.54, 1.807) is 0 Å². The van der Waals surface area contributed by atoms with Crippen LogP contribution in [0.3, 0.4) is 0 Å². The molecule has 0 aromatic heterocycles. The molecule has 20 heavy (non-hydrogen) atoms. The van der Waals surface area contributed by atoms with E-state index in [4.69, 9.17) is 5.73 Å². The highest BCUT2D eigenvalue weighted by Gasteiger charge is 2.19. The maximum atomic E-state index is 13.2. The van der Waals surface area contributed by atoms with Gasteiger partial charge in [-0.25, -0.2) is 25.9 Å². The first-order chi connectivity index (χ1) is 9.09. The predicted octanol–water partition coefficient (Wildman–Crippen LogP) is 0.429. The quantitative estimate of drug-likeness (QED) is 0.738. The molecule has 0 fully saturated rings. The fourth-order valence-electron chi connectivity index (χ4n) is 1.51. The van der Waals surface area contributed by atoms with Crippen molar-refractivity contribution >= 4 is 25.5 Å². The lowest BCUT2D eigenvalue weighted by Crippen LogP contribution is -2.30. The first kappa shape index (κ1) is 16.9. The van der Waals surface area contributed by atoms with Crippen LogP contribution in [-0.2, 0) is 19.9 Å². The van der Waals surface area contributed by atoms with Gasteiger partial charge in [0.1, 0.15) is 5.82 Å². The second-order valence-corrected chi connectivity index (χ2v) is 8.48. The molecule has 0 unspecified atom stereocenters. The van der Waals surface area contributed by atoms with E-state index in [0.717, 1.165) is 12.1 Å². The number of aryl methyl sites for hydroxylation is 1. The zero-order valence-corrected chi connectivity index (χ0v) is 12.8. The Morgan fingerprint density at radius 2 is 1.85 bits per heavy atom. The van der Waals surface area contributed by atoms with Crippen LogP contribution in [0.5, 0.6) is 0 Å². The molecule has 0 atom stereocenters. The monoisotopic (exact) mass is 324 g/mol. The Balaban J connectivity index is 2.93. The number of nitrogens with one attached hydrogen (secondary N) is 1. The summed E-state index contributed by atoms with van der Waals surface area (Å²) in [5, 5.41) is 0. The second-order valence-electron chi connectivity index (χ2n) is 4.27. The number of hydrogen-bond acceptors (Lipinski definition) is 5. The number of sulfone groups is 1. The van der Waals surface area contributed by atoms with Gasteiger partial charge in [-0.15, -0.1) is 0 Å². The summed E-state index contributed by atoms with van der Waals surface area (Å²) in [5.74, 6) is -1.05. The molecule has 9 heteroatoms. The van der Waals surface area contributed by atoms with Crippen LogP contribution in [0, 0.1) is 12.7 Å². The molecule has 0 spiro atoms. The Labute approximate surface area is 118 Å². The molecule has 0 aliphatic heterocycles. The van der Waals surface area contributed by atoms with Crippen LogP contribution in [0.2, 0.25) is 0 Å². The molecule has 0 saturated carbocycles. The Morgan fingerprint density at radius 1 is 1.25 bits per heavy atom. The van der Waals surface area contributed by atoms with Crippen molar-refractivity contribution in [1.29, 1.82) is 0 Å². The molecule has 0 bridgehead atoms. The molecule has 3 N–H and O–H groups in total. The minimum absolute atomic E-state index is 0.0583. The number of halogens is 1. The van der Waals surface area contributed by atoms with Crippen molar-refractivity contribution in [1.82, 2.24) is 4.72 Å². The lowest BCUT2D eigenvalue weighted by Gasteiger charge is -2.10. The Kier molecular flexibility index (Phi) is 5.11. The van der Waals surface area contributed by atoms with Crippen LogP contribution in [0.15, 0.2) is 17.0 Å². The summed E-state index contributed by atoms with van der Waals surface area (Å²) in [6.45, 7) is 2.67. The van der Waals surface area contributed by atoms with Gasteiger partial charge in [0.2, 0.25) is 10.0 Å². The number of rotatable bonds is 6. The number of anilines is 1. The van der Waals surface area contributed by atoms with E-state index in [0.29, 0.717) is 0 Å². The zero-order valence-electron chi connectivity index (χ0n) is 11.2. The average Bonchev–Trinajstić information content (AvgIpc) is 2.33. The van der Waals surface area contributed by atoms with Gasteiger partial charge in [0, 0.05) is 12.3 Å². The van der Waals surface area contributed by atoms with Crippen LogP contribution in [-0.4, -0.2) is 34.9 Å². The Hall–Kier alpha value is -1.19. The van der Waals surface area contributed by atoms with Gasteiger partial charge in [-0.3, -0.25) is 0 Å². The highest BCUT2D eigenvalue weighted by molar-refractivity contribution is 7.91. The molecule has 0 aliphatic carbocycles. The second kappa shape index (κ2) is 6.06.